The van der Waals surface area contributed by atoms with Crippen LogP contribution in [0, 0.1) is 0 Å². The molecule has 6 unspecified atom stereocenters. The fourth-order valence-electron chi connectivity index (χ4n) is 6.41. The van der Waals surface area contributed by atoms with Crippen molar-refractivity contribution < 1.29 is 56.2 Å². The predicted octanol–water partition coefficient (Wildman–Crippen LogP) is 10.4. The number of hydrogen-bond acceptors (Lipinski definition) is 11. The topological polar surface area (TPSA) is 178 Å². The lowest BCUT2D eigenvalue weighted by Crippen LogP contribution is -2.60. The van der Waals surface area contributed by atoms with Crippen LogP contribution >= 0.6 is 0 Å². The average Bonchev–Trinajstić information content (AvgIpc) is 3.27. The van der Waals surface area contributed by atoms with Gasteiger partial charge in [0, 0.05) is 13.0 Å². The van der Waals surface area contributed by atoms with Crippen LogP contribution in [0.3, 0.4) is 0 Å². The normalized spacial score (nSPS) is 20.8. The Labute approximate surface area is 386 Å². The van der Waals surface area contributed by atoms with Gasteiger partial charge in [0.05, 0.1) is 19.8 Å². The smallest absolute Gasteiger partial charge is 0.397 e. The quantitative estimate of drug-likeness (QED) is 0.0199. The van der Waals surface area contributed by atoms with Gasteiger partial charge in [-0.25, -0.2) is 4.18 Å². The van der Waals surface area contributed by atoms with E-state index in [4.69, 9.17) is 18.9 Å². The molecule has 12 nitrogen and oxygen atoms in total. The van der Waals surface area contributed by atoms with Crippen molar-refractivity contribution >= 4 is 16.4 Å². The maximum atomic E-state index is 12.9. The van der Waals surface area contributed by atoms with Crippen molar-refractivity contribution in [1.29, 1.82) is 0 Å². The molecule has 0 aromatic rings. The Bertz CT molecular complexity index is 1530. The van der Waals surface area contributed by atoms with Crippen molar-refractivity contribution in [3.8, 4) is 0 Å². The highest BCUT2D eigenvalue weighted by Crippen LogP contribution is 2.26. The Morgan fingerprint density at radius 3 is 1.50 bits per heavy atom. The van der Waals surface area contributed by atoms with Gasteiger partial charge in [0.15, 0.2) is 6.29 Å². The lowest BCUT2D eigenvalue weighted by molar-refractivity contribution is -0.301. The molecule has 0 amide bonds. The molecule has 0 bridgehead atoms. The van der Waals surface area contributed by atoms with Gasteiger partial charge in [0.25, 0.3) is 0 Å². The number of rotatable bonds is 39. The number of hydrogen-bond donors (Lipinski definition) is 4. The van der Waals surface area contributed by atoms with Crippen LogP contribution in [0.1, 0.15) is 142 Å². The fourth-order valence-corrected chi connectivity index (χ4v) is 6.92. The van der Waals surface area contributed by atoms with E-state index in [9.17, 15) is 33.1 Å². The van der Waals surface area contributed by atoms with Crippen molar-refractivity contribution in [2.75, 3.05) is 26.4 Å². The van der Waals surface area contributed by atoms with Crippen molar-refractivity contribution in [2.24, 2.45) is 0 Å². The Morgan fingerprint density at radius 2 is 1.03 bits per heavy atom. The van der Waals surface area contributed by atoms with E-state index in [1.807, 2.05) is 0 Å². The zero-order valence-electron chi connectivity index (χ0n) is 38.8. The highest BCUT2D eigenvalue weighted by Gasteiger charge is 2.48. The molecule has 0 aromatic carbocycles. The first-order chi connectivity index (χ1) is 31.1. The van der Waals surface area contributed by atoms with Gasteiger partial charge in [-0.15, -0.1) is 0 Å². The minimum absolute atomic E-state index is 0.0160. The summed E-state index contributed by atoms with van der Waals surface area (Å²) in [6.07, 6.45) is 48.4. The second kappa shape index (κ2) is 41.2. The average molecular weight is 919 g/mol. The largest absolute Gasteiger partial charge is 0.457 e. The molecule has 1 aliphatic rings. The standard InChI is InChI=1S/C51H82O12S/c1-3-5-7-9-11-13-15-17-19-21-22-23-25-27-29-31-33-35-37-39-41-59-43-45(44-60-51-49(55)50(63-64(56,57)58)48(54)46(42-52)62-51)61-47(53)40-38-36-34-32-30-28-26-24-20-18-16-14-12-10-8-6-4-2/h5-8,11-14,17-20,22-23,27,29,33,35,45-46,48-52,54-55H,3-4,9-10,15-16,21,24-26,28,30-32,34,36-44H2,1-2H3,(H,56,57,58)/b7-5-,8-6-,13-11-,14-12-,19-17-,20-18-,23-22-,29-27-,35-33-. The van der Waals surface area contributed by atoms with Crippen molar-refractivity contribution in [3.05, 3.63) is 109 Å². The van der Waals surface area contributed by atoms with Crippen LogP contribution in [0.2, 0.25) is 0 Å². The van der Waals surface area contributed by atoms with E-state index in [0.717, 1.165) is 109 Å². The van der Waals surface area contributed by atoms with E-state index in [-0.39, 0.29) is 19.6 Å². The lowest BCUT2D eigenvalue weighted by Gasteiger charge is -2.41. The Balaban J connectivity index is 2.47. The summed E-state index contributed by atoms with van der Waals surface area (Å²) < 4.78 is 59.0. The molecule has 0 saturated carbocycles. The number of aliphatic hydroxyl groups excluding tert-OH is 3. The van der Waals surface area contributed by atoms with Crippen LogP contribution in [0.4, 0.5) is 0 Å². The van der Waals surface area contributed by atoms with Crippen LogP contribution in [0.15, 0.2) is 109 Å². The zero-order chi connectivity index (χ0) is 46.8. The molecule has 13 heteroatoms. The second-order valence-corrected chi connectivity index (χ2v) is 16.6. The summed E-state index contributed by atoms with van der Waals surface area (Å²) in [6.45, 7) is 3.57. The van der Waals surface area contributed by atoms with Crippen LogP contribution in [-0.2, 0) is 38.3 Å². The molecule has 1 aliphatic heterocycles. The molecule has 6 atom stereocenters. The second-order valence-electron chi connectivity index (χ2n) is 15.6. The van der Waals surface area contributed by atoms with Crippen molar-refractivity contribution in [1.82, 2.24) is 0 Å². The molecule has 1 saturated heterocycles. The fraction of sp³-hybridized carbons (Fsp3) is 0.627. The summed E-state index contributed by atoms with van der Waals surface area (Å²) in [6, 6.07) is 0. The van der Waals surface area contributed by atoms with E-state index in [2.05, 4.69) is 127 Å². The number of carbonyl (C=O) groups excluding carboxylic acids is 1. The molecule has 1 heterocycles. The number of aliphatic hydroxyl groups is 3. The number of esters is 1. The molecule has 364 valence electrons. The SMILES string of the molecule is CC/C=C\C/C=C\C/C=C\C/C=C\C/C=C\C/C=C\CCCOCC(COC1OC(CO)C(O)C(OS(=O)(=O)O)C1O)OC(=O)CCCCCCCCC/C=C\C/C=C\C/C=C\CC. The number of allylic oxidation sites excluding steroid dienone is 18. The van der Waals surface area contributed by atoms with Crippen molar-refractivity contribution in [3.63, 3.8) is 0 Å². The van der Waals surface area contributed by atoms with E-state index in [1.54, 1.807) is 0 Å². The third-order valence-electron chi connectivity index (χ3n) is 9.89. The molecule has 1 fully saturated rings. The van der Waals surface area contributed by atoms with Crippen LogP contribution in [-0.4, -0.2) is 97.5 Å². The molecule has 0 spiro atoms. The minimum Gasteiger partial charge on any atom is -0.457 e. The molecule has 1 rings (SSSR count). The van der Waals surface area contributed by atoms with E-state index >= 15 is 0 Å². The molecular formula is C51H82O12S. The van der Waals surface area contributed by atoms with Gasteiger partial charge in [-0.05, 0) is 89.9 Å². The molecule has 64 heavy (non-hydrogen) atoms. The van der Waals surface area contributed by atoms with Crippen LogP contribution < -0.4 is 0 Å². The van der Waals surface area contributed by atoms with Crippen molar-refractivity contribution in [2.45, 2.75) is 179 Å². The Hall–Kier alpha value is -3.24. The lowest BCUT2D eigenvalue weighted by atomic mass is 9.99. The van der Waals surface area contributed by atoms with E-state index in [1.165, 1.54) is 6.42 Å². The Morgan fingerprint density at radius 1 is 0.594 bits per heavy atom. The Kier molecular flexibility index (Phi) is 37.8. The van der Waals surface area contributed by atoms with Crippen LogP contribution in [0.25, 0.3) is 0 Å². The maximum Gasteiger partial charge on any atom is 0.397 e. The van der Waals surface area contributed by atoms with E-state index in [0.29, 0.717) is 13.0 Å². The third kappa shape index (κ3) is 34.2. The molecule has 4 N–H and O–H groups in total. The molecular weight excluding hydrogens is 837 g/mol. The zero-order valence-corrected chi connectivity index (χ0v) is 39.6. The van der Waals surface area contributed by atoms with Gasteiger partial charge in [0.2, 0.25) is 0 Å². The first kappa shape index (κ1) is 58.8. The molecule has 0 aromatic heterocycles. The van der Waals surface area contributed by atoms with E-state index < -0.39 is 59.8 Å². The van der Waals surface area contributed by atoms with Gasteiger partial charge >= 0.3 is 16.4 Å². The summed E-state index contributed by atoms with van der Waals surface area (Å²) >= 11 is 0. The number of unbranched alkanes of at least 4 members (excludes halogenated alkanes) is 8. The van der Waals surface area contributed by atoms with Gasteiger partial charge in [-0.3, -0.25) is 9.35 Å². The molecule has 0 radical (unpaired) electrons. The summed E-state index contributed by atoms with van der Waals surface area (Å²) in [5.74, 6) is -0.435. The first-order valence-electron chi connectivity index (χ1n) is 23.6. The highest BCUT2D eigenvalue weighted by atomic mass is 32.3. The highest BCUT2D eigenvalue weighted by molar-refractivity contribution is 7.80. The maximum absolute atomic E-state index is 12.9. The summed E-state index contributed by atoms with van der Waals surface area (Å²) in [4.78, 5) is 12.9. The summed E-state index contributed by atoms with van der Waals surface area (Å²) in [7, 11) is -5.08. The molecule has 0 aliphatic carbocycles. The number of ether oxygens (including phenoxy) is 4. The summed E-state index contributed by atoms with van der Waals surface area (Å²) in [5.41, 5.74) is 0. The van der Waals surface area contributed by atoms with Crippen LogP contribution in [0.5, 0.6) is 0 Å². The third-order valence-corrected chi connectivity index (χ3v) is 10.4. The van der Waals surface area contributed by atoms with Gasteiger partial charge in [-0.1, -0.05) is 155 Å². The first-order valence-corrected chi connectivity index (χ1v) is 25.0. The summed E-state index contributed by atoms with van der Waals surface area (Å²) in [5, 5.41) is 30.7. The number of carbonyl (C=O) groups is 1. The minimum atomic E-state index is -5.08. The van der Waals surface area contributed by atoms with Gasteiger partial charge < -0.3 is 34.3 Å². The van der Waals surface area contributed by atoms with Gasteiger partial charge in [0.1, 0.15) is 30.5 Å². The van der Waals surface area contributed by atoms with Gasteiger partial charge in [-0.2, -0.15) is 8.42 Å². The predicted molar refractivity (Wildman–Crippen MR) is 257 cm³/mol. The monoisotopic (exact) mass is 919 g/mol.